The van der Waals surface area contributed by atoms with Crippen LogP contribution in [0.4, 0.5) is 19.0 Å². The Labute approximate surface area is 194 Å². The van der Waals surface area contributed by atoms with Crippen LogP contribution >= 0.6 is 0 Å². The van der Waals surface area contributed by atoms with Crippen LogP contribution < -0.4 is 15.4 Å². The first-order chi connectivity index (χ1) is 16.2. The van der Waals surface area contributed by atoms with Crippen LogP contribution in [0.2, 0.25) is 0 Å². The van der Waals surface area contributed by atoms with E-state index in [9.17, 15) is 22.8 Å². The number of aromatic nitrogens is 1. The van der Waals surface area contributed by atoms with Gasteiger partial charge >= 0.3 is 6.18 Å². The van der Waals surface area contributed by atoms with Gasteiger partial charge in [0.05, 0.1) is 5.56 Å². The van der Waals surface area contributed by atoms with E-state index in [4.69, 9.17) is 4.74 Å². The lowest BCUT2D eigenvalue weighted by Crippen LogP contribution is -2.38. The summed E-state index contributed by atoms with van der Waals surface area (Å²) in [7, 11) is 0. The van der Waals surface area contributed by atoms with Crippen molar-refractivity contribution in [3.8, 4) is 11.5 Å². The van der Waals surface area contributed by atoms with Crippen molar-refractivity contribution >= 4 is 17.6 Å². The number of nitrogens with zero attached hydrogens (tertiary/aromatic N) is 1. The molecule has 2 aromatic carbocycles. The monoisotopic (exact) mass is 469 g/mol. The third kappa shape index (κ3) is 5.72. The molecule has 0 saturated heterocycles. The Balaban J connectivity index is 1.44. The Morgan fingerprint density at radius 2 is 1.82 bits per heavy atom. The molecule has 1 aromatic heterocycles. The maximum atomic E-state index is 13.0. The van der Waals surface area contributed by atoms with Gasteiger partial charge < -0.3 is 15.4 Å². The van der Waals surface area contributed by atoms with Gasteiger partial charge in [-0.1, -0.05) is 12.1 Å². The number of amides is 2. The maximum absolute atomic E-state index is 13.0. The van der Waals surface area contributed by atoms with Crippen molar-refractivity contribution in [2.45, 2.75) is 38.4 Å². The number of rotatable bonds is 5. The summed E-state index contributed by atoms with van der Waals surface area (Å²) in [6.07, 6.45) is -1.04. The highest BCUT2D eigenvalue weighted by molar-refractivity contribution is 5.94. The van der Waals surface area contributed by atoms with E-state index in [1.54, 1.807) is 12.1 Å². The van der Waals surface area contributed by atoms with E-state index in [0.717, 1.165) is 29.7 Å². The van der Waals surface area contributed by atoms with E-state index in [2.05, 4.69) is 15.6 Å². The Morgan fingerprint density at radius 3 is 2.59 bits per heavy atom. The van der Waals surface area contributed by atoms with Crippen molar-refractivity contribution in [1.29, 1.82) is 0 Å². The Morgan fingerprint density at radius 1 is 1.03 bits per heavy atom. The molecule has 0 saturated carbocycles. The molecule has 34 heavy (non-hydrogen) atoms. The largest absolute Gasteiger partial charge is 0.457 e. The zero-order valence-electron chi connectivity index (χ0n) is 18.3. The number of hydrogen-bond acceptors (Lipinski definition) is 4. The van der Waals surface area contributed by atoms with E-state index in [0.29, 0.717) is 30.2 Å². The standard InChI is InChI=1S/C25H22F3N3O3/c1-15(32)30-23-14-22(9-10-29-23)34-21-8-6-16-5-7-20(12-18(16)13-21)31-24(33)17-3-2-4-19(11-17)25(26,27)28/h2-4,6,8-11,13-14,20H,5,7,12H2,1H3,(H,31,33)(H,29,30,32). The van der Waals surface area contributed by atoms with E-state index in [1.165, 1.54) is 25.3 Å². The number of nitrogens with one attached hydrogen (secondary N) is 2. The minimum atomic E-state index is -4.51. The van der Waals surface area contributed by atoms with Gasteiger partial charge in [-0.2, -0.15) is 13.2 Å². The average molecular weight is 469 g/mol. The molecule has 6 nitrogen and oxygen atoms in total. The summed E-state index contributed by atoms with van der Waals surface area (Å²) in [5.41, 5.74) is 1.25. The van der Waals surface area contributed by atoms with E-state index in [1.807, 2.05) is 18.2 Å². The summed E-state index contributed by atoms with van der Waals surface area (Å²) in [6, 6.07) is 13.2. The first-order valence-corrected chi connectivity index (χ1v) is 10.7. The molecule has 1 unspecified atom stereocenters. The SMILES string of the molecule is CC(=O)Nc1cc(Oc2ccc3c(c2)CC(NC(=O)c2cccc(C(F)(F)F)c2)CC3)ccn1. The van der Waals surface area contributed by atoms with Gasteiger partial charge in [0, 0.05) is 30.8 Å². The minimum absolute atomic E-state index is 0.0228. The molecule has 0 spiro atoms. The van der Waals surface area contributed by atoms with Crippen molar-refractivity contribution in [2.24, 2.45) is 0 Å². The molecule has 0 fully saturated rings. The van der Waals surface area contributed by atoms with Crippen LogP contribution in [0.3, 0.4) is 0 Å². The quantitative estimate of drug-likeness (QED) is 0.542. The molecular weight excluding hydrogens is 447 g/mol. The molecule has 176 valence electrons. The molecule has 1 heterocycles. The number of ether oxygens (including phenoxy) is 1. The second kappa shape index (κ2) is 9.54. The van der Waals surface area contributed by atoms with Gasteiger partial charge in [-0.3, -0.25) is 9.59 Å². The summed E-state index contributed by atoms with van der Waals surface area (Å²) >= 11 is 0. The van der Waals surface area contributed by atoms with Crippen LogP contribution in [-0.4, -0.2) is 22.8 Å². The maximum Gasteiger partial charge on any atom is 0.416 e. The van der Waals surface area contributed by atoms with Gasteiger partial charge in [0.2, 0.25) is 5.91 Å². The van der Waals surface area contributed by atoms with Crippen LogP contribution in [0.1, 0.15) is 40.4 Å². The second-order valence-electron chi connectivity index (χ2n) is 8.08. The van der Waals surface area contributed by atoms with E-state index >= 15 is 0 Å². The molecule has 2 N–H and O–H groups in total. The molecule has 1 atom stereocenters. The summed E-state index contributed by atoms with van der Waals surface area (Å²) in [5, 5.41) is 5.45. The Hall–Kier alpha value is -3.88. The van der Waals surface area contributed by atoms with Crippen LogP contribution in [-0.2, 0) is 23.8 Å². The van der Waals surface area contributed by atoms with Gasteiger partial charge in [-0.15, -0.1) is 0 Å². The first kappa shape index (κ1) is 23.3. The lowest BCUT2D eigenvalue weighted by molar-refractivity contribution is -0.137. The number of alkyl halides is 3. The average Bonchev–Trinajstić information content (AvgIpc) is 2.78. The number of anilines is 1. The lowest BCUT2D eigenvalue weighted by atomic mass is 9.88. The van der Waals surface area contributed by atoms with Crippen molar-refractivity contribution in [3.05, 3.63) is 83.0 Å². The fourth-order valence-corrected chi connectivity index (χ4v) is 3.89. The second-order valence-corrected chi connectivity index (χ2v) is 8.08. The number of aryl methyl sites for hydroxylation is 1. The molecule has 0 radical (unpaired) electrons. The fraction of sp³-hybridized carbons (Fsp3) is 0.240. The number of fused-ring (bicyclic) bond motifs is 1. The summed E-state index contributed by atoms with van der Waals surface area (Å²) in [6.45, 7) is 1.39. The van der Waals surface area contributed by atoms with Crippen LogP contribution in [0.5, 0.6) is 11.5 Å². The predicted octanol–water partition coefficient (Wildman–Crippen LogP) is 5.14. The van der Waals surface area contributed by atoms with Gasteiger partial charge in [0.1, 0.15) is 17.3 Å². The van der Waals surface area contributed by atoms with Crippen molar-refractivity contribution in [1.82, 2.24) is 10.3 Å². The third-order valence-electron chi connectivity index (χ3n) is 5.46. The van der Waals surface area contributed by atoms with Gasteiger partial charge in [0.15, 0.2) is 0 Å². The normalized spacial score (nSPS) is 15.2. The molecule has 0 aliphatic heterocycles. The number of halogens is 3. The number of hydrogen-bond donors (Lipinski definition) is 2. The van der Waals surface area contributed by atoms with Crippen LogP contribution in [0, 0.1) is 0 Å². The topological polar surface area (TPSA) is 80.3 Å². The number of pyridine rings is 1. The Bertz CT molecular complexity index is 1230. The summed E-state index contributed by atoms with van der Waals surface area (Å²) in [4.78, 5) is 27.9. The van der Waals surface area contributed by atoms with Crippen LogP contribution in [0.15, 0.2) is 60.8 Å². The number of benzene rings is 2. The van der Waals surface area contributed by atoms with E-state index < -0.39 is 17.6 Å². The predicted molar refractivity (Wildman–Crippen MR) is 120 cm³/mol. The Kier molecular flexibility index (Phi) is 6.54. The van der Waals surface area contributed by atoms with E-state index in [-0.39, 0.29) is 17.5 Å². The minimum Gasteiger partial charge on any atom is -0.457 e. The molecule has 2 amide bonds. The highest BCUT2D eigenvalue weighted by Gasteiger charge is 2.31. The molecular formula is C25H22F3N3O3. The number of carbonyl (C=O) groups is 2. The van der Waals surface area contributed by atoms with Crippen molar-refractivity contribution in [3.63, 3.8) is 0 Å². The van der Waals surface area contributed by atoms with Gasteiger partial charge in [0.25, 0.3) is 5.91 Å². The van der Waals surface area contributed by atoms with Crippen molar-refractivity contribution in [2.75, 3.05) is 5.32 Å². The van der Waals surface area contributed by atoms with Crippen molar-refractivity contribution < 1.29 is 27.5 Å². The summed E-state index contributed by atoms with van der Waals surface area (Å²) < 4.78 is 44.8. The third-order valence-corrected chi connectivity index (χ3v) is 5.46. The molecule has 3 aromatic rings. The fourth-order valence-electron chi connectivity index (χ4n) is 3.89. The van der Waals surface area contributed by atoms with Gasteiger partial charge in [-0.25, -0.2) is 4.98 Å². The molecule has 1 aliphatic carbocycles. The summed E-state index contributed by atoms with van der Waals surface area (Å²) in [5.74, 6) is 0.693. The smallest absolute Gasteiger partial charge is 0.416 e. The zero-order valence-corrected chi connectivity index (χ0v) is 18.3. The number of carbonyl (C=O) groups excluding carboxylic acids is 2. The molecule has 4 rings (SSSR count). The zero-order chi connectivity index (χ0) is 24.3. The highest BCUT2D eigenvalue weighted by Crippen LogP contribution is 2.31. The molecule has 1 aliphatic rings. The van der Waals surface area contributed by atoms with Crippen LogP contribution in [0.25, 0.3) is 0 Å². The lowest BCUT2D eigenvalue weighted by Gasteiger charge is -2.26. The highest BCUT2D eigenvalue weighted by atomic mass is 19.4. The molecule has 0 bridgehead atoms. The molecule has 9 heteroatoms. The van der Waals surface area contributed by atoms with Gasteiger partial charge in [-0.05, 0) is 66.8 Å². The first-order valence-electron chi connectivity index (χ1n) is 10.7.